The first-order valence-electron chi connectivity index (χ1n) is 11.9. The first kappa shape index (κ1) is 24.9. The molecular weight excluding hydrogens is 414 g/mol. The lowest BCUT2D eigenvalue weighted by Crippen LogP contribution is -2.55. The largest absolute Gasteiger partial charge is 0.381 e. The molecule has 1 aromatic rings. The van der Waals surface area contributed by atoms with Gasteiger partial charge in [-0.25, -0.2) is 0 Å². The van der Waals surface area contributed by atoms with E-state index in [1.807, 2.05) is 42.5 Å². The maximum absolute atomic E-state index is 13.6. The Hall–Kier alpha value is -2.70. The number of ether oxygens (including phenoxy) is 1. The SMILES string of the molecule is C=C/C=C\C1=CC(NC(=O)C2(CNCCC(C)C)CCOCC2)C(=O)N(C)c2ccccc21. The van der Waals surface area contributed by atoms with Gasteiger partial charge in [-0.15, -0.1) is 0 Å². The van der Waals surface area contributed by atoms with Crippen molar-refractivity contribution >= 4 is 23.1 Å². The lowest BCUT2D eigenvalue weighted by Gasteiger charge is -2.37. The molecule has 1 saturated heterocycles. The second kappa shape index (κ2) is 11.4. The number of para-hydroxylation sites is 1. The van der Waals surface area contributed by atoms with Crippen LogP contribution in [0.3, 0.4) is 0 Å². The first-order valence-corrected chi connectivity index (χ1v) is 11.9. The molecule has 178 valence electrons. The predicted molar refractivity (Wildman–Crippen MR) is 134 cm³/mol. The smallest absolute Gasteiger partial charge is 0.253 e. The second-order valence-electron chi connectivity index (χ2n) is 9.33. The number of anilines is 1. The topological polar surface area (TPSA) is 70.7 Å². The van der Waals surface area contributed by atoms with Crippen LogP contribution in [0.2, 0.25) is 0 Å². The molecule has 0 aliphatic carbocycles. The molecular formula is C27H37N3O3. The Morgan fingerprint density at radius 2 is 2.03 bits per heavy atom. The number of nitrogens with one attached hydrogen (secondary N) is 2. The molecule has 2 N–H and O–H groups in total. The van der Waals surface area contributed by atoms with Crippen molar-refractivity contribution in [2.45, 2.75) is 39.2 Å². The number of nitrogens with zero attached hydrogens (tertiary/aromatic N) is 1. The third kappa shape index (κ3) is 6.01. The first-order chi connectivity index (χ1) is 15.9. The Labute approximate surface area is 197 Å². The molecule has 0 aromatic heterocycles. The fraction of sp³-hybridized carbons (Fsp3) is 0.481. The van der Waals surface area contributed by atoms with Gasteiger partial charge in [-0.05, 0) is 49.4 Å². The Balaban J connectivity index is 1.85. The number of benzene rings is 1. The van der Waals surface area contributed by atoms with E-state index < -0.39 is 11.5 Å². The highest BCUT2D eigenvalue weighted by Crippen LogP contribution is 2.33. The van der Waals surface area contributed by atoms with E-state index in [2.05, 4.69) is 31.1 Å². The van der Waals surface area contributed by atoms with E-state index in [0.717, 1.165) is 29.8 Å². The maximum atomic E-state index is 13.6. The number of amides is 2. The maximum Gasteiger partial charge on any atom is 0.253 e. The Kier molecular flexibility index (Phi) is 8.64. The van der Waals surface area contributed by atoms with Gasteiger partial charge in [0.25, 0.3) is 5.91 Å². The Morgan fingerprint density at radius 1 is 1.30 bits per heavy atom. The highest BCUT2D eigenvalue weighted by Gasteiger charge is 2.41. The van der Waals surface area contributed by atoms with Crippen LogP contribution in [0.4, 0.5) is 5.69 Å². The van der Waals surface area contributed by atoms with E-state index in [-0.39, 0.29) is 11.8 Å². The van der Waals surface area contributed by atoms with Crippen LogP contribution in [0.1, 0.15) is 38.7 Å². The molecule has 0 bridgehead atoms. The van der Waals surface area contributed by atoms with Gasteiger partial charge in [-0.1, -0.05) is 56.9 Å². The van der Waals surface area contributed by atoms with Gasteiger partial charge < -0.3 is 20.3 Å². The minimum atomic E-state index is -0.755. The third-order valence-electron chi connectivity index (χ3n) is 6.51. The van der Waals surface area contributed by atoms with Crippen LogP contribution in [0.5, 0.6) is 0 Å². The van der Waals surface area contributed by atoms with Crippen LogP contribution in [-0.2, 0) is 14.3 Å². The van der Waals surface area contributed by atoms with Crippen LogP contribution in [0.25, 0.3) is 5.57 Å². The van der Waals surface area contributed by atoms with Gasteiger partial charge in [0.05, 0.1) is 11.1 Å². The van der Waals surface area contributed by atoms with E-state index in [9.17, 15) is 9.59 Å². The van der Waals surface area contributed by atoms with Crippen molar-refractivity contribution in [1.82, 2.24) is 10.6 Å². The lowest BCUT2D eigenvalue weighted by molar-refractivity contribution is -0.138. The molecule has 6 heteroatoms. The third-order valence-corrected chi connectivity index (χ3v) is 6.51. The standard InChI is InChI=1S/C27H37N3O3/c1-5-6-9-21-18-23(25(31)30(4)24-11-8-7-10-22(21)24)29-26(32)27(13-16-33-17-14-27)19-28-15-12-20(2)3/h5-11,18,20,23,28H,1,12-17,19H2,2-4H3,(H,29,32)/b9-6-. The zero-order valence-electron chi connectivity index (χ0n) is 20.1. The summed E-state index contributed by atoms with van der Waals surface area (Å²) in [4.78, 5) is 28.6. The summed E-state index contributed by atoms with van der Waals surface area (Å²) in [6.07, 6.45) is 9.65. The molecule has 2 aliphatic heterocycles. The van der Waals surface area contributed by atoms with E-state index in [1.165, 1.54) is 0 Å². The molecule has 2 heterocycles. The summed E-state index contributed by atoms with van der Waals surface area (Å²) in [6, 6.07) is 7.02. The fourth-order valence-corrected chi connectivity index (χ4v) is 4.36. The van der Waals surface area contributed by atoms with Crippen molar-refractivity contribution in [3.05, 3.63) is 60.7 Å². The fourth-order valence-electron chi connectivity index (χ4n) is 4.36. The van der Waals surface area contributed by atoms with Crippen LogP contribution in [0.15, 0.2) is 55.1 Å². The molecule has 0 spiro atoms. The summed E-state index contributed by atoms with van der Waals surface area (Å²) in [6.45, 7) is 10.7. The van der Waals surface area contributed by atoms with Crippen LogP contribution >= 0.6 is 0 Å². The average molecular weight is 452 g/mol. The quantitative estimate of drug-likeness (QED) is 0.444. The summed E-state index contributed by atoms with van der Waals surface area (Å²) in [5.41, 5.74) is 2.05. The average Bonchev–Trinajstić information content (AvgIpc) is 2.92. The highest BCUT2D eigenvalue weighted by molar-refractivity contribution is 6.06. The van der Waals surface area contributed by atoms with Crippen molar-refractivity contribution in [2.24, 2.45) is 11.3 Å². The van der Waals surface area contributed by atoms with Gasteiger partial charge in [0.1, 0.15) is 6.04 Å². The number of fused-ring (bicyclic) bond motifs is 1. The van der Waals surface area contributed by atoms with Crippen LogP contribution in [0, 0.1) is 11.3 Å². The second-order valence-corrected chi connectivity index (χ2v) is 9.33. The summed E-state index contributed by atoms with van der Waals surface area (Å²) < 4.78 is 5.56. The monoisotopic (exact) mass is 451 g/mol. The Morgan fingerprint density at radius 3 is 2.73 bits per heavy atom. The molecule has 0 saturated carbocycles. The molecule has 1 atom stereocenters. The predicted octanol–water partition coefficient (Wildman–Crippen LogP) is 3.71. The molecule has 0 radical (unpaired) electrons. The number of hydrogen-bond acceptors (Lipinski definition) is 4. The number of hydrogen-bond donors (Lipinski definition) is 2. The lowest BCUT2D eigenvalue weighted by atomic mass is 9.78. The summed E-state index contributed by atoms with van der Waals surface area (Å²) in [7, 11) is 1.76. The normalized spacial score (nSPS) is 20.4. The van der Waals surface area contributed by atoms with Gasteiger partial charge >= 0.3 is 0 Å². The van der Waals surface area contributed by atoms with Crippen molar-refractivity contribution in [1.29, 1.82) is 0 Å². The van der Waals surface area contributed by atoms with Gasteiger partial charge in [0, 0.05) is 32.4 Å². The van der Waals surface area contributed by atoms with Gasteiger partial charge in [-0.3, -0.25) is 9.59 Å². The molecule has 1 fully saturated rings. The summed E-state index contributed by atoms with van der Waals surface area (Å²) in [5, 5.41) is 6.56. The van der Waals surface area contributed by atoms with Gasteiger partial charge in [0.15, 0.2) is 0 Å². The molecule has 1 unspecified atom stereocenters. The molecule has 3 rings (SSSR count). The minimum absolute atomic E-state index is 0.0937. The van der Waals surface area contributed by atoms with Crippen LogP contribution < -0.4 is 15.5 Å². The summed E-state index contributed by atoms with van der Waals surface area (Å²) >= 11 is 0. The van der Waals surface area contributed by atoms with Gasteiger partial charge in [-0.2, -0.15) is 0 Å². The Bertz CT molecular complexity index is 913. The van der Waals surface area contributed by atoms with E-state index in [1.54, 1.807) is 18.0 Å². The summed E-state index contributed by atoms with van der Waals surface area (Å²) in [5.74, 6) is 0.349. The van der Waals surface area contributed by atoms with Crippen molar-refractivity contribution in [3.8, 4) is 0 Å². The zero-order valence-corrected chi connectivity index (χ0v) is 20.1. The number of rotatable bonds is 9. The number of carbonyl (C=O) groups excluding carboxylic acids is 2. The van der Waals surface area contributed by atoms with E-state index in [0.29, 0.717) is 38.5 Å². The zero-order chi connectivity index (χ0) is 23.8. The van der Waals surface area contributed by atoms with E-state index in [4.69, 9.17) is 4.74 Å². The van der Waals surface area contributed by atoms with Crippen molar-refractivity contribution in [3.63, 3.8) is 0 Å². The molecule has 1 aromatic carbocycles. The molecule has 2 amide bonds. The number of allylic oxidation sites excluding steroid dienone is 4. The van der Waals surface area contributed by atoms with Crippen molar-refractivity contribution < 1.29 is 14.3 Å². The minimum Gasteiger partial charge on any atom is -0.381 e. The number of carbonyl (C=O) groups is 2. The van der Waals surface area contributed by atoms with Crippen LogP contribution in [-0.4, -0.2) is 51.2 Å². The molecule has 33 heavy (non-hydrogen) atoms. The molecule has 6 nitrogen and oxygen atoms in total. The molecule has 2 aliphatic rings. The number of likely N-dealkylation sites (N-methyl/N-ethyl adjacent to an activating group) is 1. The van der Waals surface area contributed by atoms with Gasteiger partial charge in [0.2, 0.25) is 5.91 Å². The van der Waals surface area contributed by atoms with Crippen molar-refractivity contribution in [2.75, 3.05) is 38.3 Å². The van der Waals surface area contributed by atoms with E-state index >= 15 is 0 Å². The highest BCUT2D eigenvalue weighted by atomic mass is 16.5.